The molecule has 2 aromatic carbocycles. The minimum atomic E-state index is -0.0806. The molecule has 6 nitrogen and oxygen atoms in total. The lowest BCUT2D eigenvalue weighted by Gasteiger charge is -2.32. The summed E-state index contributed by atoms with van der Waals surface area (Å²) in [6.45, 7) is 5.91. The summed E-state index contributed by atoms with van der Waals surface area (Å²) in [6, 6.07) is 15.9. The molecule has 1 aromatic heterocycles. The number of hydrogen-bond acceptors (Lipinski definition) is 5. The molecule has 1 atom stereocenters. The average molecular weight is 477 g/mol. The van der Waals surface area contributed by atoms with E-state index >= 15 is 0 Å². The first-order valence-electron chi connectivity index (χ1n) is 11.8. The van der Waals surface area contributed by atoms with E-state index in [0.717, 1.165) is 66.7 Å². The predicted octanol–water partition coefficient (Wildman–Crippen LogP) is 5.05. The fourth-order valence-electron chi connectivity index (χ4n) is 4.55. The SMILES string of the molecule is Cc1ccc(Cl)cc1CN1CCNc2ncc(-c3cccc(C(=O)NCC4CCCO4)c3)cc21. The Kier molecular flexibility index (Phi) is 6.70. The Morgan fingerprint density at radius 2 is 2.15 bits per heavy atom. The molecule has 1 saturated heterocycles. The molecule has 7 heteroatoms. The van der Waals surface area contributed by atoms with Gasteiger partial charge in [0.05, 0.1) is 11.8 Å². The number of ether oxygens (including phenoxy) is 1. The highest BCUT2D eigenvalue weighted by atomic mass is 35.5. The third-order valence-corrected chi connectivity index (χ3v) is 6.76. The fourth-order valence-corrected chi connectivity index (χ4v) is 4.75. The highest BCUT2D eigenvalue weighted by Gasteiger charge is 2.20. The molecule has 1 fully saturated rings. The third kappa shape index (κ3) is 5.03. The van der Waals surface area contributed by atoms with Crippen LogP contribution < -0.4 is 15.5 Å². The first-order chi connectivity index (χ1) is 16.6. The van der Waals surface area contributed by atoms with Crippen LogP contribution >= 0.6 is 11.6 Å². The number of benzene rings is 2. The van der Waals surface area contributed by atoms with E-state index < -0.39 is 0 Å². The molecule has 0 saturated carbocycles. The summed E-state index contributed by atoms with van der Waals surface area (Å²) in [7, 11) is 0. The van der Waals surface area contributed by atoms with Crippen molar-refractivity contribution in [2.24, 2.45) is 0 Å². The predicted molar refractivity (Wildman–Crippen MR) is 137 cm³/mol. The summed E-state index contributed by atoms with van der Waals surface area (Å²) in [5.41, 5.74) is 6.05. The summed E-state index contributed by atoms with van der Waals surface area (Å²) < 4.78 is 5.61. The van der Waals surface area contributed by atoms with Crippen molar-refractivity contribution in [3.63, 3.8) is 0 Å². The van der Waals surface area contributed by atoms with E-state index in [1.54, 1.807) is 0 Å². The van der Waals surface area contributed by atoms with Gasteiger partial charge >= 0.3 is 0 Å². The number of halogens is 1. The summed E-state index contributed by atoms with van der Waals surface area (Å²) in [5.74, 6) is 0.795. The van der Waals surface area contributed by atoms with Crippen molar-refractivity contribution in [2.45, 2.75) is 32.4 Å². The molecule has 0 spiro atoms. The number of carbonyl (C=O) groups is 1. The first-order valence-corrected chi connectivity index (χ1v) is 12.2. The molecule has 0 bridgehead atoms. The number of rotatable bonds is 6. The quantitative estimate of drug-likeness (QED) is 0.521. The number of amides is 1. The molecule has 2 N–H and O–H groups in total. The molecule has 34 heavy (non-hydrogen) atoms. The van der Waals surface area contributed by atoms with Crippen LogP contribution in [0, 0.1) is 6.92 Å². The van der Waals surface area contributed by atoms with Crippen molar-refractivity contribution in [3.05, 3.63) is 76.4 Å². The zero-order valence-electron chi connectivity index (χ0n) is 19.3. The Labute approximate surface area is 205 Å². The molecule has 5 rings (SSSR count). The second-order valence-electron chi connectivity index (χ2n) is 8.94. The largest absolute Gasteiger partial charge is 0.376 e. The summed E-state index contributed by atoms with van der Waals surface area (Å²) in [5, 5.41) is 7.15. The Morgan fingerprint density at radius 3 is 3.00 bits per heavy atom. The molecule has 0 aliphatic carbocycles. The highest BCUT2D eigenvalue weighted by Crippen LogP contribution is 2.33. The monoisotopic (exact) mass is 476 g/mol. The van der Waals surface area contributed by atoms with Crippen LogP contribution in [0.2, 0.25) is 5.02 Å². The summed E-state index contributed by atoms with van der Waals surface area (Å²) in [4.78, 5) is 19.7. The second-order valence-corrected chi connectivity index (χ2v) is 9.37. The van der Waals surface area contributed by atoms with Gasteiger partial charge in [0, 0.05) is 55.1 Å². The topological polar surface area (TPSA) is 66.5 Å². The van der Waals surface area contributed by atoms with Crippen LogP contribution in [0.3, 0.4) is 0 Å². The fraction of sp³-hybridized carbons (Fsp3) is 0.333. The Balaban J connectivity index is 1.37. The maximum absolute atomic E-state index is 12.7. The maximum Gasteiger partial charge on any atom is 0.251 e. The number of fused-ring (bicyclic) bond motifs is 1. The van der Waals surface area contributed by atoms with Gasteiger partial charge in [0.25, 0.3) is 5.91 Å². The number of carbonyl (C=O) groups excluding carboxylic acids is 1. The van der Waals surface area contributed by atoms with E-state index in [2.05, 4.69) is 34.6 Å². The Bertz CT molecular complexity index is 1190. The van der Waals surface area contributed by atoms with Gasteiger partial charge in [-0.1, -0.05) is 29.8 Å². The first kappa shape index (κ1) is 22.7. The van der Waals surface area contributed by atoms with Gasteiger partial charge in [-0.25, -0.2) is 4.98 Å². The van der Waals surface area contributed by atoms with Gasteiger partial charge in [-0.15, -0.1) is 0 Å². The van der Waals surface area contributed by atoms with Crippen molar-refractivity contribution in [2.75, 3.05) is 36.5 Å². The van der Waals surface area contributed by atoms with Gasteiger partial charge in [-0.3, -0.25) is 4.79 Å². The van der Waals surface area contributed by atoms with Gasteiger partial charge in [0.1, 0.15) is 5.82 Å². The number of nitrogens with one attached hydrogen (secondary N) is 2. The normalized spacial score (nSPS) is 17.2. The number of nitrogens with zero attached hydrogens (tertiary/aromatic N) is 2. The lowest BCUT2D eigenvalue weighted by Crippen LogP contribution is -2.34. The van der Waals surface area contributed by atoms with E-state index in [4.69, 9.17) is 21.3 Å². The van der Waals surface area contributed by atoms with Crippen LogP contribution in [0.4, 0.5) is 11.5 Å². The zero-order chi connectivity index (χ0) is 23.5. The summed E-state index contributed by atoms with van der Waals surface area (Å²) >= 11 is 6.26. The Hall–Kier alpha value is -3.09. The van der Waals surface area contributed by atoms with Crippen LogP contribution in [0.15, 0.2) is 54.7 Å². The van der Waals surface area contributed by atoms with Gasteiger partial charge in [-0.2, -0.15) is 0 Å². The van der Waals surface area contributed by atoms with Gasteiger partial charge in [0.2, 0.25) is 0 Å². The van der Waals surface area contributed by atoms with Crippen molar-refractivity contribution in [3.8, 4) is 11.1 Å². The molecular weight excluding hydrogens is 448 g/mol. The molecule has 2 aliphatic rings. The molecule has 3 aromatic rings. The van der Waals surface area contributed by atoms with Crippen LogP contribution in [-0.2, 0) is 11.3 Å². The lowest BCUT2D eigenvalue weighted by molar-refractivity contribution is 0.0858. The number of aryl methyl sites for hydroxylation is 1. The van der Waals surface area contributed by atoms with Crippen molar-refractivity contribution in [1.82, 2.24) is 10.3 Å². The highest BCUT2D eigenvalue weighted by molar-refractivity contribution is 6.30. The van der Waals surface area contributed by atoms with E-state index in [9.17, 15) is 4.79 Å². The Morgan fingerprint density at radius 1 is 1.24 bits per heavy atom. The van der Waals surface area contributed by atoms with Gasteiger partial charge in [-0.05, 0) is 66.8 Å². The number of anilines is 2. The van der Waals surface area contributed by atoms with Crippen LogP contribution in [-0.4, -0.2) is 43.2 Å². The standard InChI is InChI=1S/C27H29ClN4O2/c1-18-7-8-23(28)13-22(18)17-32-10-9-29-26-25(32)14-21(15-30-26)19-4-2-5-20(12-19)27(33)31-16-24-6-3-11-34-24/h2,4-5,7-8,12-15,24H,3,6,9-11,16-17H2,1H3,(H,29,30)(H,31,33). The number of aromatic nitrogens is 1. The van der Waals surface area contributed by atoms with Gasteiger partial charge in [0.15, 0.2) is 0 Å². The second kappa shape index (κ2) is 10.0. The van der Waals surface area contributed by atoms with Crippen molar-refractivity contribution >= 4 is 29.0 Å². The van der Waals surface area contributed by atoms with Crippen LogP contribution in [0.5, 0.6) is 0 Å². The van der Waals surface area contributed by atoms with E-state index in [0.29, 0.717) is 12.1 Å². The number of hydrogen-bond donors (Lipinski definition) is 2. The van der Waals surface area contributed by atoms with Crippen molar-refractivity contribution in [1.29, 1.82) is 0 Å². The molecule has 176 valence electrons. The van der Waals surface area contributed by atoms with E-state index in [1.165, 1.54) is 11.1 Å². The van der Waals surface area contributed by atoms with Gasteiger partial charge < -0.3 is 20.3 Å². The van der Waals surface area contributed by atoms with E-state index in [1.807, 2.05) is 42.6 Å². The molecule has 0 radical (unpaired) electrons. The smallest absolute Gasteiger partial charge is 0.251 e. The molecule has 1 unspecified atom stereocenters. The minimum absolute atomic E-state index is 0.0806. The lowest BCUT2D eigenvalue weighted by atomic mass is 10.0. The van der Waals surface area contributed by atoms with Crippen molar-refractivity contribution < 1.29 is 9.53 Å². The minimum Gasteiger partial charge on any atom is -0.376 e. The average Bonchev–Trinajstić information content (AvgIpc) is 3.38. The maximum atomic E-state index is 12.7. The summed E-state index contributed by atoms with van der Waals surface area (Å²) in [6.07, 6.45) is 4.05. The molecule has 3 heterocycles. The zero-order valence-corrected chi connectivity index (χ0v) is 20.1. The molecule has 2 aliphatic heterocycles. The number of pyridine rings is 1. The van der Waals surface area contributed by atoms with Crippen LogP contribution in [0.1, 0.15) is 34.3 Å². The molecular formula is C27H29ClN4O2. The molecule has 1 amide bonds. The van der Waals surface area contributed by atoms with Crippen LogP contribution in [0.25, 0.3) is 11.1 Å². The van der Waals surface area contributed by atoms with E-state index in [-0.39, 0.29) is 12.0 Å². The third-order valence-electron chi connectivity index (χ3n) is 6.53.